The summed E-state index contributed by atoms with van der Waals surface area (Å²) in [6, 6.07) is 13.5. The van der Waals surface area contributed by atoms with Gasteiger partial charge in [-0.3, -0.25) is 5.10 Å². The van der Waals surface area contributed by atoms with E-state index in [0.717, 1.165) is 21.4 Å². The smallest absolute Gasteiger partial charge is 0.181 e. The number of nitrogen functional groups attached to an aromatic ring is 1. The molecule has 3 rings (SSSR count). The largest absolute Gasteiger partial charge is 0.398 e. The van der Waals surface area contributed by atoms with Crippen LogP contribution in [0.5, 0.6) is 0 Å². The number of nitrogens with two attached hydrogens (primary N) is 1. The average Bonchev–Trinajstić information content (AvgIpc) is 2.93. The van der Waals surface area contributed by atoms with Crippen LogP contribution < -0.4 is 5.73 Å². The number of anilines is 1. The minimum Gasteiger partial charge on any atom is -0.398 e. The number of H-pyrrole nitrogens is 1. The third-order valence-electron chi connectivity index (χ3n) is 3.07. The molecule has 106 valence electrons. The van der Waals surface area contributed by atoms with E-state index in [1.54, 1.807) is 12.1 Å². The highest BCUT2D eigenvalue weighted by molar-refractivity contribution is 9.10. The lowest BCUT2D eigenvalue weighted by Gasteiger charge is -2.00. The van der Waals surface area contributed by atoms with Crippen LogP contribution in [0.4, 0.5) is 5.69 Å². The first kappa shape index (κ1) is 14.1. The van der Waals surface area contributed by atoms with Gasteiger partial charge in [0.1, 0.15) is 5.82 Å². The molecule has 0 saturated carbocycles. The second kappa shape index (κ2) is 5.87. The molecule has 0 atom stereocenters. The SMILES string of the molecule is Nc1cc(-c2n[nH]c(Cc3ccc(Br)cc3)n2)ccc1Cl. The van der Waals surface area contributed by atoms with Crippen molar-refractivity contribution >= 4 is 33.2 Å². The molecule has 3 aromatic rings. The Labute approximate surface area is 135 Å². The van der Waals surface area contributed by atoms with Gasteiger partial charge in [-0.25, -0.2) is 4.98 Å². The first-order valence-electron chi connectivity index (χ1n) is 6.33. The molecule has 0 saturated heterocycles. The van der Waals surface area contributed by atoms with Gasteiger partial charge in [0.2, 0.25) is 0 Å². The van der Waals surface area contributed by atoms with Crippen molar-refractivity contribution in [2.24, 2.45) is 0 Å². The van der Waals surface area contributed by atoms with Crippen molar-refractivity contribution in [3.8, 4) is 11.4 Å². The van der Waals surface area contributed by atoms with Crippen LogP contribution in [0.3, 0.4) is 0 Å². The van der Waals surface area contributed by atoms with Crippen LogP contribution in [0.15, 0.2) is 46.9 Å². The molecule has 1 aromatic heterocycles. The Kier molecular flexibility index (Phi) is 3.94. The second-order valence-electron chi connectivity index (χ2n) is 4.65. The van der Waals surface area contributed by atoms with Gasteiger partial charge in [0.25, 0.3) is 0 Å². The number of halogens is 2. The molecule has 0 unspecified atom stereocenters. The van der Waals surface area contributed by atoms with Crippen molar-refractivity contribution in [2.45, 2.75) is 6.42 Å². The van der Waals surface area contributed by atoms with Crippen molar-refractivity contribution in [2.75, 3.05) is 5.73 Å². The number of nitrogens with one attached hydrogen (secondary N) is 1. The summed E-state index contributed by atoms with van der Waals surface area (Å²) in [6.07, 6.45) is 0.698. The molecule has 2 aromatic carbocycles. The first-order chi connectivity index (χ1) is 10.1. The van der Waals surface area contributed by atoms with Crippen LogP contribution in [-0.4, -0.2) is 15.2 Å². The summed E-state index contributed by atoms with van der Waals surface area (Å²) in [6.45, 7) is 0. The van der Waals surface area contributed by atoms with Crippen molar-refractivity contribution < 1.29 is 0 Å². The predicted octanol–water partition coefficient (Wildman–Crippen LogP) is 4.06. The van der Waals surface area contributed by atoms with Crippen molar-refractivity contribution in [1.82, 2.24) is 15.2 Å². The van der Waals surface area contributed by atoms with E-state index in [4.69, 9.17) is 17.3 Å². The molecule has 0 aliphatic rings. The van der Waals surface area contributed by atoms with Gasteiger partial charge in [0.05, 0.1) is 10.7 Å². The van der Waals surface area contributed by atoms with Gasteiger partial charge >= 0.3 is 0 Å². The zero-order valence-electron chi connectivity index (χ0n) is 11.0. The molecule has 0 aliphatic heterocycles. The van der Waals surface area contributed by atoms with Crippen LogP contribution in [-0.2, 0) is 6.42 Å². The number of nitrogens with zero attached hydrogens (tertiary/aromatic N) is 2. The Bertz CT molecular complexity index is 768. The fraction of sp³-hybridized carbons (Fsp3) is 0.0667. The Morgan fingerprint density at radius 2 is 1.90 bits per heavy atom. The summed E-state index contributed by atoms with van der Waals surface area (Å²) in [5, 5.41) is 7.71. The van der Waals surface area contributed by atoms with Crippen molar-refractivity contribution in [3.05, 3.63) is 63.3 Å². The third-order valence-corrected chi connectivity index (χ3v) is 3.94. The fourth-order valence-electron chi connectivity index (χ4n) is 1.98. The van der Waals surface area contributed by atoms with E-state index in [9.17, 15) is 0 Å². The van der Waals surface area contributed by atoms with E-state index in [2.05, 4.69) is 31.1 Å². The monoisotopic (exact) mass is 362 g/mol. The first-order valence-corrected chi connectivity index (χ1v) is 7.50. The highest BCUT2D eigenvalue weighted by Crippen LogP contribution is 2.24. The van der Waals surface area contributed by atoms with Gasteiger partial charge in [-0.1, -0.05) is 39.7 Å². The maximum atomic E-state index is 5.92. The Morgan fingerprint density at radius 1 is 1.14 bits per heavy atom. The van der Waals surface area contributed by atoms with E-state index in [1.165, 1.54) is 0 Å². The number of rotatable bonds is 3. The van der Waals surface area contributed by atoms with Gasteiger partial charge < -0.3 is 5.73 Å². The van der Waals surface area contributed by atoms with Crippen LogP contribution in [0, 0.1) is 0 Å². The molecular formula is C15H12BrClN4. The molecule has 3 N–H and O–H groups in total. The van der Waals surface area contributed by atoms with E-state index >= 15 is 0 Å². The maximum Gasteiger partial charge on any atom is 0.181 e. The van der Waals surface area contributed by atoms with Gasteiger partial charge in [0.15, 0.2) is 5.82 Å². The third kappa shape index (κ3) is 3.25. The van der Waals surface area contributed by atoms with Crippen molar-refractivity contribution in [3.63, 3.8) is 0 Å². The van der Waals surface area contributed by atoms with Gasteiger partial charge in [0, 0.05) is 16.5 Å². The molecule has 0 fully saturated rings. The van der Waals surface area contributed by atoms with Gasteiger partial charge in [-0.2, -0.15) is 5.10 Å². The van der Waals surface area contributed by atoms with Crippen LogP contribution in [0.2, 0.25) is 5.02 Å². The van der Waals surface area contributed by atoms with E-state index in [1.807, 2.05) is 30.3 Å². The molecule has 0 aliphatic carbocycles. The highest BCUT2D eigenvalue weighted by Gasteiger charge is 2.08. The normalized spacial score (nSPS) is 10.8. The number of benzene rings is 2. The lowest BCUT2D eigenvalue weighted by atomic mass is 10.1. The maximum absolute atomic E-state index is 5.92. The zero-order chi connectivity index (χ0) is 14.8. The zero-order valence-corrected chi connectivity index (χ0v) is 13.3. The molecular weight excluding hydrogens is 352 g/mol. The van der Waals surface area contributed by atoms with Crippen LogP contribution in [0.25, 0.3) is 11.4 Å². The highest BCUT2D eigenvalue weighted by atomic mass is 79.9. The quantitative estimate of drug-likeness (QED) is 0.690. The molecule has 0 spiro atoms. The second-order valence-corrected chi connectivity index (χ2v) is 5.97. The van der Waals surface area contributed by atoms with Crippen molar-refractivity contribution in [1.29, 1.82) is 0 Å². The van der Waals surface area contributed by atoms with Gasteiger partial charge in [-0.15, -0.1) is 0 Å². The minimum atomic E-state index is 0.522. The molecule has 4 nitrogen and oxygen atoms in total. The molecule has 6 heteroatoms. The van der Waals surface area contributed by atoms with E-state index in [0.29, 0.717) is 23.0 Å². The fourth-order valence-corrected chi connectivity index (χ4v) is 2.36. The lowest BCUT2D eigenvalue weighted by molar-refractivity contribution is 0.972. The number of hydrogen-bond donors (Lipinski definition) is 2. The Hall–Kier alpha value is -1.85. The Morgan fingerprint density at radius 3 is 2.62 bits per heavy atom. The van der Waals surface area contributed by atoms with E-state index < -0.39 is 0 Å². The summed E-state index contributed by atoms with van der Waals surface area (Å²) < 4.78 is 1.06. The Balaban J connectivity index is 1.82. The molecule has 0 bridgehead atoms. The standard InChI is InChI=1S/C15H12BrClN4/c16-11-4-1-9(2-5-11)7-14-19-15(21-20-14)10-3-6-12(17)13(18)8-10/h1-6,8H,7,18H2,(H,19,20,21). The lowest BCUT2D eigenvalue weighted by Crippen LogP contribution is -1.91. The van der Waals surface area contributed by atoms with E-state index in [-0.39, 0.29) is 0 Å². The summed E-state index contributed by atoms with van der Waals surface area (Å²) in [7, 11) is 0. The predicted molar refractivity (Wildman–Crippen MR) is 88.2 cm³/mol. The molecule has 0 amide bonds. The minimum absolute atomic E-state index is 0.522. The van der Waals surface area contributed by atoms with Crippen LogP contribution >= 0.6 is 27.5 Å². The molecule has 0 radical (unpaired) electrons. The van der Waals surface area contributed by atoms with Crippen LogP contribution in [0.1, 0.15) is 11.4 Å². The summed E-state index contributed by atoms with van der Waals surface area (Å²) in [5.74, 6) is 1.42. The number of aromatic nitrogens is 3. The number of aromatic amines is 1. The molecule has 1 heterocycles. The van der Waals surface area contributed by atoms with Gasteiger partial charge in [-0.05, 0) is 35.9 Å². The number of hydrogen-bond acceptors (Lipinski definition) is 3. The summed E-state index contributed by atoms with van der Waals surface area (Å²) in [5.41, 5.74) is 8.33. The summed E-state index contributed by atoms with van der Waals surface area (Å²) in [4.78, 5) is 4.49. The average molecular weight is 364 g/mol. The topological polar surface area (TPSA) is 67.6 Å². The molecule has 21 heavy (non-hydrogen) atoms. The summed E-state index contributed by atoms with van der Waals surface area (Å²) >= 11 is 9.34.